The normalized spacial score (nSPS) is 15.8. The van der Waals surface area contributed by atoms with Crippen LogP contribution in [0.15, 0.2) is 23.0 Å². The van der Waals surface area contributed by atoms with Gasteiger partial charge in [-0.25, -0.2) is 9.78 Å². The fraction of sp³-hybridized carbons (Fsp3) is 0.550. The zero-order valence-electron chi connectivity index (χ0n) is 16.6. The molecule has 1 aromatic carbocycles. The van der Waals surface area contributed by atoms with Crippen molar-refractivity contribution >= 4 is 28.6 Å². The molecule has 2 heterocycles. The first-order chi connectivity index (χ1) is 13.2. The monoisotopic (exact) mass is 406 g/mol. The van der Waals surface area contributed by atoms with Crippen molar-refractivity contribution in [2.75, 3.05) is 19.6 Å². The van der Waals surface area contributed by atoms with E-state index in [1.807, 2.05) is 20.8 Å². The van der Waals surface area contributed by atoms with Gasteiger partial charge >= 0.3 is 6.09 Å². The van der Waals surface area contributed by atoms with Crippen LogP contribution < -0.4 is 11.3 Å². The fourth-order valence-corrected chi connectivity index (χ4v) is 3.81. The summed E-state index contributed by atoms with van der Waals surface area (Å²) in [5.41, 5.74) is 5.67. The molecule has 1 aliphatic rings. The number of fused-ring (bicyclic) bond motifs is 1. The summed E-state index contributed by atoms with van der Waals surface area (Å²) in [6.45, 7) is 6.99. The maximum atomic E-state index is 13.2. The highest BCUT2D eigenvalue weighted by Gasteiger charge is 2.29. The SMILES string of the molecule is CC(C)(C)OC(=O)N1CCC(n2c(CCN)nc3cccc(Cl)c3c2=O)CC1. The summed E-state index contributed by atoms with van der Waals surface area (Å²) in [6.07, 6.45) is 1.48. The highest BCUT2D eigenvalue weighted by Crippen LogP contribution is 2.26. The Labute approximate surface area is 169 Å². The smallest absolute Gasteiger partial charge is 0.410 e. The molecule has 0 unspecified atom stereocenters. The number of piperidine rings is 1. The minimum absolute atomic E-state index is 0.0547. The van der Waals surface area contributed by atoms with Crippen molar-refractivity contribution in [3.8, 4) is 0 Å². The number of carbonyl (C=O) groups is 1. The van der Waals surface area contributed by atoms with Crippen molar-refractivity contribution in [1.82, 2.24) is 14.5 Å². The number of nitrogens with zero attached hydrogens (tertiary/aromatic N) is 3. The molecule has 152 valence electrons. The van der Waals surface area contributed by atoms with Gasteiger partial charge < -0.3 is 15.4 Å². The Morgan fingerprint density at radius 2 is 2.00 bits per heavy atom. The molecule has 0 saturated carbocycles. The highest BCUT2D eigenvalue weighted by molar-refractivity contribution is 6.35. The molecule has 8 heteroatoms. The van der Waals surface area contributed by atoms with Gasteiger partial charge in [0.15, 0.2) is 0 Å². The number of amides is 1. The van der Waals surface area contributed by atoms with E-state index in [0.29, 0.717) is 60.6 Å². The first-order valence-corrected chi connectivity index (χ1v) is 9.96. The Kier molecular flexibility index (Phi) is 5.95. The molecule has 1 saturated heterocycles. The Hall–Kier alpha value is -2.12. The van der Waals surface area contributed by atoms with Crippen LogP contribution in [0.4, 0.5) is 4.79 Å². The second-order valence-electron chi connectivity index (χ2n) is 8.07. The van der Waals surface area contributed by atoms with Crippen molar-refractivity contribution in [2.45, 2.75) is 51.7 Å². The van der Waals surface area contributed by atoms with Gasteiger partial charge in [-0.15, -0.1) is 0 Å². The Bertz CT molecular complexity index is 927. The molecule has 1 amide bonds. The van der Waals surface area contributed by atoms with E-state index >= 15 is 0 Å². The largest absolute Gasteiger partial charge is 0.444 e. The van der Waals surface area contributed by atoms with Crippen molar-refractivity contribution in [3.63, 3.8) is 0 Å². The lowest BCUT2D eigenvalue weighted by Gasteiger charge is -2.34. The van der Waals surface area contributed by atoms with E-state index < -0.39 is 5.60 Å². The number of halogens is 1. The van der Waals surface area contributed by atoms with Crippen LogP contribution in [0.5, 0.6) is 0 Å². The summed E-state index contributed by atoms with van der Waals surface area (Å²) in [4.78, 5) is 31.9. The summed E-state index contributed by atoms with van der Waals surface area (Å²) in [5.74, 6) is 0.665. The predicted octanol–water partition coefficient (Wildman–Crippen LogP) is 3.12. The van der Waals surface area contributed by atoms with E-state index in [4.69, 9.17) is 22.1 Å². The van der Waals surface area contributed by atoms with Crippen LogP contribution in [0.1, 0.15) is 45.5 Å². The van der Waals surface area contributed by atoms with Crippen LogP contribution in [0, 0.1) is 0 Å². The summed E-state index contributed by atoms with van der Waals surface area (Å²) >= 11 is 6.28. The average Bonchev–Trinajstić information content (AvgIpc) is 2.61. The molecule has 0 atom stereocenters. The van der Waals surface area contributed by atoms with E-state index in [1.54, 1.807) is 27.7 Å². The molecule has 1 fully saturated rings. The lowest BCUT2D eigenvalue weighted by Crippen LogP contribution is -2.44. The van der Waals surface area contributed by atoms with Crippen LogP contribution in [-0.4, -0.2) is 45.8 Å². The second kappa shape index (κ2) is 8.09. The summed E-state index contributed by atoms with van der Waals surface area (Å²) in [7, 11) is 0. The second-order valence-corrected chi connectivity index (χ2v) is 8.48. The van der Waals surface area contributed by atoms with E-state index in [2.05, 4.69) is 4.98 Å². The van der Waals surface area contributed by atoms with Crippen molar-refractivity contribution in [1.29, 1.82) is 0 Å². The van der Waals surface area contributed by atoms with Gasteiger partial charge in [-0.3, -0.25) is 9.36 Å². The first kappa shape index (κ1) is 20.6. The summed E-state index contributed by atoms with van der Waals surface area (Å²) in [5, 5.41) is 0.828. The van der Waals surface area contributed by atoms with Gasteiger partial charge in [0.2, 0.25) is 0 Å². The zero-order chi connectivity index (χ0) is 20.5. The number of aromatic nitrogens is 2. The minimum atomic E-state index is -0.530. The standard InChI is InChI=1S/C20H27ClN4O3/c1-20(2,3)28-19(27)24-11-8-13(9-12-24)25-16(7-10-22)23-15-6-4-5-14(21)17(15)18(25)26/h4-6,13H,7-12,22H2,1-3H3. The molecule has 1 aromatic heterocycles. The van der Waals surface area contributed by atoms with Crippen molar-refractivity contribution in [2.24, 2.45) is 5.73 Å². The van der Waals surface area contributed by atoms with Crippen LogP contribution in [-0.2, 0) is 11.2 Å². The number of rotatable bonds is 3. The number of benzene rings is 1. The number of carbonyl (C=O) groups excluding carboxylic acids is 1. The molecule has 2 N–H and O–H groups in total. The molecule has 28 heavy (non-hydrogen) atoms. The maximum absolute atomic E-state index is 13.2. The molecule has 1 aliphatic heterocycles. The van der Waals surface area contributed by atoms with Gasteiger partial charge in [-0.05, 0) is 52.3 Å². The molecule has 0 aliphatic carbocycles. The number of ether oxygens (including phenoxy) is 1. The fourth-order valence-electron chi connectivity index (χ4n) is 3.56. The molecule has 7 nitrogen and oxygen atoms in total. The molecule has 3 rings (SSSR count). The van der Waals surface area contributed by atoms with Crippen molar-refractivity contribution < 1.29 is 9.53 Å². The molecule has 0 radical (unpaired) electrons. The third-order valence-corrected chi connectivity index (χ3v) is 5.12. The summed E-state index contributed by atoms with van der Waals surface area (Å²) in [6, 6.07) is 5.22. The average molecular weight is 407 g/mol. The predicted molar refractivity (Wildman–Crippen MR) is 110 cm³/mol. The molecule has 2 aromatic rings. The van der Waals surface area contributed by atoms with Gasteiger partial charge in [0.1, 0.15) is 11.4 Å². The first-order valence-electron chi connectivity index (χ1n) is 9.59. The van der Waals surface area contributed by atoms with E-state index in [9.17, 15) is 9.59 Å². The van der Waals surface area contributed by atoms with E-state index in [-0.39, 0.29) is 17.7 Å². The summed E-state index contributed by atoms with van der Waals surface area (Å²) < 4.78 is 7.18. The van der Waals surface area contributed by atoms with Gasteiger partial charge in [-0.1, -0.05) is 17.7 Å². The van der Waals surface area contributed by atoms with Crippen LogP contribution in [0.3, 0.4) is 0 Å². The van der Waals surface area contributed by atoms with Gasteiger partial charge in [0.05, 0.1) is 15.9 Å². The quantitative estimate of drug-likeness (QED) is 0.845. The minimum Gasteiger partial charge on any atom is -0.444 e. The van der Waals surface area contributed by atoms with Gasteiger partial charge in [-0.2, -0.15) is 0 Å². The number of hydrogen-bond acceptors (Lipinski definition) is 5. The van der Waals surface area contributed by atoms with Crippen LogP contribution in [0.25, 0.3) is 10.9 Å². The molecule has 0 spiro atoms. The molecular formula is C20H27ClN4O3. The molecular weight excluding hydrogens is 380 g/mol. The Morgan fingerprint density at radius 3 is 2.61 bits per heavy atom. The highest BCUT2D eigenvalue weighted by atomic mass is 35.5. The lowest BCUT2D eigenvalue weighted by atomic mass is 10.0. The molecule has 0 bridgehead atoms. The Morgan fingerprint density at radius 1 is 1.32 bits per heavy atom. The number of nitrogens with two attached hydrogens (primary N) is 1. The third kappa shape index (κ3) is 4.31. The van der Waals surface area contributed by atoms with Gasteiger partial charge in [0, 0.05) is 25.6 Å². The topological polar surface area (TPSA) is 90.4 Å². The van der Waals surface area contributed by atoms with E-state index in [1.165, 1.54) is 0 Å². The van der Waals surface area contributed by atoms with Crippen LogP contribution >= 0.6 is 11.6 Å². The number of hydrogen-bond donors (Lipinski definition) is 1. The van der Waals surface area contributed by atoms with Crippen LogP contribution in [0.2, 0.25) is 5.02 Å². The zero-order valence-corrected chi connectivity index (χ0v) is 17.3. The maximum Gasteiger partial charge on any atom is 0.410 e. The lowest BCUT2D eigenvalue weighted by molar-refractivity contribution is 0.0186. The van der Waals surface area contributed by atoms with Crippen molar-refractivity contribution in [3.05, 3.63) is 39.4 Å². The number of likely N-dealkylation sites (tertiary alicyclic amines) is 1. The van der Waals surface area contributed by atoms with E-state index in [0.717, 1.165) is 0 Å². The third-order valence-electron chi connectivity index (χ3n) is 4.80. The Balaban J connectivity index is 1.89. The van der Waals surface area contributed by atoms with Gasteiger partial charge in [0.25, 0.3) is 5.56 Å².